The monoisotopic (exact) mass is 662 g/mol. The molecule has 3 radical (unpaired) electrons. The predicted molar refractivity (Wildman–Crippen MR) is 207 cm³/mol. The Morgan fingerprint density at radius 2 is 0.250 bits per heavy atom. The molecule has 0 atom stereocenters. The van der Waals surface area contributed by atoms with Crippen LogP contribution in [0.3, 0.4) is 0 Å². The number of hydrogen-bond donors (Lipinski definition) is 0. The number of hydrogen-bond acceptors (Lipinski definition) is 0. The third-order valence-corrected chi connectivity index (χ3v) is 8.87. The van der Waals surface area contributed by atoms with E-state index in [9.17, 15) is 0 Å². The van der Waals surface area contributed by atoms with Crippen molar-refractivity contribution < 1.29 is 52.8 Å². The topological polar surface area (TPSA) is 0 Å². The number of rotatable bonds is 33. The summed E-state index contributed by atoms with van der Waals surface area (Å²) in [6, 6.07) is 0. The van der Waals surface area contributed by atoms with Gasteiger partial charge in [0.1, 0.15) is 0 Å². The first kappa shape index (κ1) is 55.6. The standard InChI is InChI=1S/3C14H30.Al.K.H/c3*1-3-5-7-9-11-13-14-12-10-8-6-4-2;;;/h3*3-14H2,1-2H3;;;/q;;;;+1;-1. The van der Waals surface area contributed by atoms with Gasteiger partial charge in [0, 0.05) is 17.4 Å². The van der Waals surface area contributed by atoms with E-state index in [1.165, 1.54) is 231 Å². The largest absolute Gasteiger partial charge is 1.00 e. The van der Waals surface area contributed by atoms with Gasteiger partial charge in [0.15, 0.2) is 0 Å². The SMILES string of the molecule is CCCCCCCCCCCCCC.CCCCCCCCCCCCCC.CCCCCCCCCCCCCC.[Al].[H-].[K+]. The van der Waals surface area contributed by atoms with Crippen LogP contribution in [0.25, 0.3) is 0 Å². The third-order valence-electron chi connectivity index (χ3n) is 8.87. The Hall–Kier alpha value is 2.17. The Balaban J connectivity index is -0.000000123. The minimum absolute atomic E-state index is 0. The summed E-state index contributed by atoms with van der Waals surface area (Å²) in [6.07, 6.45) is 52.3. The van der Waals surface area contributed by atoms with Crippen LogP contribution in [0.1, 0.15) is 274 Å². The van der Waals surface area contributed by atoms with Gasteiger partial charge in [-0.25, -0.2) is 0 Å². The molecule has 0 bridgehead atoms. The van der Waals surface area contributed by atoms with Gasteiger partial charge in [-0.05, 0) is 0 Å². The summed E-state index contributed by atoms with van der Waals surface area (Å²) in [5.41, 5.74) is 0. The van der Waals surface area contributed by atoms with Crippen molar-refractivity contribution in [3.8, 4) is 0 Å². The molecule has 0 nitrogen and oxygen atoms in total. The Morgan fingerprint density at radius 1 is 0.182 bits per heavy atom. The van der Waals surface area contributed by atoms with E-state index in [0.29, 0.717) is 0 Å². The zero-order chi connectivity index (χ0) is 31.5. The van der Waals surface area contributed by atoms with Crippen molar-refractivity contribution in [2.75, 3.05) is 0 Å². The second-order valence-corrected chi connectivity index (χ2v) is 13.6. The molecule has 0 heterocycles. The van der Waals surface area contributed by atoms with E-state index >= 15 is 0 Å². The summed E-state index contributed by atoms with van der Waals surface area (Å²) in [4.78, 5) is 0. The Morgan fingerprint density at radius 3 is 0.318 bits per heavy atom. The van der Waals surface area contributed by atoms with E-state index in [0.717, 1.165) is 0 Å². The summed E-state index contributed by atoms with van der Waals surface area (Å²) in [5, 5.41) is 0. The smallest absolute Gasteiger partial charge is 1.00 e. The van der Waals surface area contributed by atoms with Crippen molar-refractivity contribution in [3.63, 3.8) is 0 Å². The minimum Gasteiger partial charge on any atom is -1.00 e. The molecule has 0 aromatic heterocycles. The molecule has 0 aromatic carbocycles. The van der Waals surface area contributed by atoms with Crippen LogP contribution < -0.4 is 51.4 Å². The summed E-state index contributed by atoms with van der Waals surface area (Å²) in [5.74, 6) is 0. The fourth-order valence-corrected chi connectivity index (χ4v) is 5.74. The van der Waals surface area contributed by atoms with Gasteiger partial charge in [0.2, 0.25) is 0 Å². The Labute approximate surface area is 339 Å². The van der Waals surface area contributed by atoms with E-state index in [2.05, 4.69) is 41.5 Å². The first-order valence-electron chi connectivity index (χ1n) is 20.7. The van der Waals surface area contributed by atoms with Crippen LogP contribution in [0.4, 0.5) is 0 Å². The molecule has 263 valence electrons. The fourth-order valence-electron chi connectivity index (χ4n) is 5.74. The molecule has 0 amide bonds. The molecule has 0 spiro atoms. The minimum atomic E-state index is 0. The van der Waals surface area contributed by atoms with Crippen LogP contribution in [0.15, 0.2) is 0 Å². The van der Waals surface area contributed by atoms with E-state index in [4.69, 9.17) is 0 Å². The zero-order valence-corrected chi connectivity index (χ0v) is 37.3. The van der Waals surface area contributed by atoms with Crippen molar-refractivity contribution in [2.24, 2.45) is 0 Å². The van der Waals surface area contributed by atoms with E-state index in [1.54, 1.807) is 0 Å². The molecule has 0 aliphatic rings. The van der Waals surface area contributed by atoms with Crippen LogP contribution in [0.2, 0.25) is 0 Å². The Kier molecular flexibility index (Phi) is 76.4. The average molecular weight is 662 g/mol. The average Bonchev–Trinajstić information content (AvgIpc) is 3.01. The fraction of sp³-hybridized carbons (Fsp3) is 1.00. The molecule has 0 rings (SSSR count). The van der Waals surface area contributed by atoms with Crippen LogP contribution in [-0.4, -0.2) is 17.4 Å². The van der Waals surface area contributed by atoms with Crippen molar-refractivity contribution in [1.82, 2.24) is 0 Å². The predicted octanol–water partition coefficient (Wildman–Crippen LogP) is 13.9. The van der Waals surface area contributed by atoms with Gasteiger partial charge in [-0.1, -0.05) is 273 Å². The van der Waals surface area contributed by atoms with Gasteiger partial charge in [-0.15, -0.1) is 0 Å². The maximum atomic E-state index is 2.29. The molecule has 44 heavy (non-hydrogen) atoms. The molecule has 0 unspecified atom stereocenters. The van der Waals surface area contributed by atoms with Crippen LogP contribution in [0.5, 0.6) is 0 Å². The first-order valence-corrected chi connectivity index (χ1v) is 20.7. The number of unbranched alkanes of at least 4 members (excludes halogenated alkanes) is 33. The second kappa shape index (κ2) is 60.5. The third kappa shape index (κ3) is 66.5. The van der Waals surface area contributed by atoms with Crippen LogP contribution >= 0.6 is 0 Å². The molecule has 0 aromatic rings. The van der Waals surface area contributed by atoms with Crippen molar-refractivity contribution in [3.05, 3.63) is 0 Å². The second-order valence-electron chi connectivity index (χ2n) is 13.6. The molecule has 0 saturated carbocycles. The maximum absolute atomic E-state index is 2.29. The zero-order valence-electron chi connectivity index (χ0n) is 34.0. The molecule has 0 saturated heterocycles. The summed E-state index contributed by atoms with van der Waals surface area (Å²) >= 11 is 0. The van der Waals surface area contributed by atoms with Crippen molar-refractivity contribution in [1.29, 1.82) is 0 Å². The first-order chi connectivity index (χ1) is 20.7. The summed E-state index contributed by atoms with van der Waals surface area (Å²) in [7, 11) is 0. The van der Waals surface area contributed by atoms with Gasteiger partial charge in [0.05, 0.1) is 0 Å². The van der Waals surface area contributed by atoms with Gasteiger partial charge >= 0.3 is 51.4 Å². The molecule has 0 aliphatic heterocycles. The van der Waals surface area contributed by atoms with E-state index in [1.807, 2.05) is 0 Å². The summed E-state index contributed by atoms with van der Waals surface area (Å²) < 4.78 is 0. The van der Waals surface area contributed by atoms with Gasteiger partial charge in [-0.3, -0.25) is 0 Å². The molecular formula is C42H91AlK. The van der Waals surface area contributed by atoms with Gasteiger partial charge in [-0.2, -0.15) is 0 Å². The molecule has 0 aliphatic carbocycles. The van der Waals surface area contributed by atoms with Crippen LogP contribution in [0, 0.1) is 0 Å². The van der Waals surface area contributed by atoms with E-state index in [-0.39, 0.29) is 70.2 Å². The van der Waals surface area contributed by atoms with Crippen molar-refractivity contribution >= 4 is 17.4 Å². The Bertz CT molecular complexity index is 300. The molecular weight excluding hydrogens is 571 g/mol. The summed E-state index contributed by atoms with van der Waals surface area (Å²) in [6.45, 7) is 13.7. The van der Waals surface area contributed by atoms with Gasteiger partial charge in [0.25, 0.3) is 0 Å². The molecule has 2 heteroatoms. The normalized spacial score (nSPS) is 10.2. The van der Waals surface area contributed by atoms with Gasteiger partial charge < -0.3 is 1.43 Å². The van der Waals surface area contributed by atoms with Crippen molar-refractivity contribution in [2.45, 2.75) is 273 Å². The quantitative estimate of drug-likeness (QED) is 0.0485. The van der Waals surface area contributed by atoms with E-state index < -0.39 is 0 Å². The van der Waals surface area contributed by atoms with Crippen LogP contribution in [-0.2, 0) is 0 Å². The molecule has 0 N–H and O–H groups in total. The maximum Gasteiger partial charge on any atom is 1.00 e. The molecule has 0 fully saturated rings.